The highest BCUT2D eigenvalue weighted by atomic mass is 32.1. The molecule has 1 saturated heterocycles. The molecule has 0 bridgehead atoms. The van der Waals surface area contributed by atoms with Gasteiger partial charge in [0.25, 0.3) is 5.91 Å². The highest BCUT2D eigenvalue weighted by Gasteiger charge is 2.30. The average Bonchev–Trinajstić information content (AvgIpc) is 3.44. The topological polar surface area (TPSA) is 126 Å². The van der Waals surface area contributed by atoms with E-state index in [0.717, 1.165) is 36.4 Å². The smallest absolute Gasteiger partial charge is 0.323 e. The Kier molecular flexibility index (Phi) is 6.17. The molecule has 0 spiro atoms. The molecule has 2 N–H and O–H groups in total. The van der Waals surface area contributed by atoms with Gasteiger partial charge in [-0.05, 0) is 30.9 Å². The first-order chi connectivity index (χ1) is 15.3. The fraction of sp³-hybridized carbons (Fsp3) is 0.429. The number of aromatic nitrogens is 4. The number of amides is 3. The molecule has 10 nitrogen and oxygen atoms in total. The Labute approximate surface area is 189 Å². The van der Waals surface area contributed by atoms with Gasteiger partial charge in [-0.2, -0.15) is 0 Å². The van der Waals surface area contributed by atoms with Crippen molar-refractivity contribution in [3.05, 3.63) is 47.6 Å². The second-order valence-corrected chi connectivity index (χ2v) is 9.41. The molecule has 4 rings (SSSR count). The van der Waals surface area contributed by atoms with E-state index in [4.69, 9.17) is 4.52 Å². The summed E-state index contributed by atoms with van der Waals surface area (Å²) >= 11 is 0.951. The fourth-order valence-corrected chi connectivity index (χ4v) is 4.10. The SMILES string of the molecule is CC(C)(C)c1cc(NC(=O)c2nnsc2NC(=O)N2CCCC[C@@H]2c2cccnc2)no1. The van der Waals surface area contributed by atoms with Gasteiger partial charge >= 0.3 is 6.03 Å². The van der Waals surface area contributed by atoms with Crippen LogP contribution in [0.15, 0.2) is 35.1 Å². The third-order valence-electron chi connectivity index (χ3n) is 5.25. The lowest BCUT2D eigenvalue weighted by molar-refractivity contribution is 0.102. The molecule has 0 saturated carbocycles. The number of carbonyl (C=O) groups excluding carboxylic acids is 2. The van der Waals surface area contributed by atoms with E-state index in [0.29, 0.717) is 12.3 Å². The molecule has 168 valence electrons. The molecule has 3 amide bonds. The number of nitrogens with zero attached hydrogens (tertiary/aromatic N) is 5. The fourth-order valence-electron chi connectivity index (χ4n) is 3.55. The van der Waals surface area contributed by atoms with Crippen molar-refractivity contribution in [1.29, 1.82) is 0 Å². The number of carbonyl (C=O) groups is 2. The Morgan fingerprint density at radius 2 is 2.09 bits per heavy atom. The summed E-state index contributed by atoms with van der Waals surface area (Å²) in [5, 5.41) is 13.5. The molecule has 0 aromatic carbocycles. The third kappa shape index (κ3) is 4.77. The van der Waals surface area contributed by atoms with Crippen LogP contribution in [0.1, 0.15) is 67.9 Å². The van der Waals surface area contributed by atoms with Gasteiger partial charge in [-0.3, -0.25) is 15.1 Å². The summed E-state index contributed by atoms with van der Waals surface area (Å²) in [6.07, 6.45) is 6.31. The van der Waals surface area contributed by atoms with Crippen LogP contribution in [0.2, 0.25) is 0 Å². The molecule has 1 fully saturated rings. The minimum Gasteiger partial charge on any atom is -0.359 e. The second kappa shape index (κ2) is 9.03. The number of rotatable bonds is 4. The summed E-state index contributed by atoms with van der Waals surface area (Å²) in [7, 11) is 0. The maximum atomic E-state index is 13.1. The molecule has 3 aromatic rings. The maximum Gasteiger partial charge on any atom is 0.323 e. The Morgan fingerprint density at radius 1 is 1.25 bits per heavy atom. The number of hydrogen-bond acceptors (Lipinski definition) is 8. The quantitative estimate of drug-likeness (QED) is 0.603. The van der Waals surface area contributed by atoms with E-state index >= 15 is 0 Å². The van der Waals surface area contributed by atoms with Crippen LogP contribution in [0, 0.1) is 0 Å². The van der Waals surface area contributed by atoms with Gasteiger partial charge < -0.3 is 14.7 Å². The van der Waals surface area contributed by atoms with Crippen LogP contribution in [-0.2, 0) is 5.41 Å². The van der Waals surface area contributed by atoms with Gasteiger partial charge in [0, 0.05) is 42.0 Å². The van der Waals surface area contributed by atoms with Crippen LogP contribution in [0.5, 0.6) is 0 Å². The highest BCUT2D eigenvalue weighted by molar-refractivity contribution is 7.10. The minimum atomic E-state index is -0.523. The molecule has 1 atom stereocenters. The van der Waals surface area contributed by atoms with Crippen molar-refractivity contribution >= 4 is 34.3 Å². The first kappa shape index (κ1) is 21.9. The first-order valence-corrected chi connectivity index (χ1v) is 11.2. The van der Waals surface area contributed by atoms with Crippen molar-refractivity contribution in [2.75, 3.05) is 17.2 Å². The van der Waals surface area contributed by atoms with Crippen LogP contribution in [0.3, 0.4) is 0 Å². The standard InChI is InChI=1S/C21H25N7O3S/c1-21(2,3)15-11-16(26-31-15)23-18(29)17-19(32-27-25-17)24-20(30)28-10-5-4-8-14(28)13-7-6-9-22-12-13/h6-7,9,11-12,14H,4-5,8,10H2,1-3H3,(H,24,30)(H,23,26,29)/t14-/m1/s1. The zero-order valence-electron chi connectivity index (χ0n) is 18.2. The molecule has 0 radical (unpaired) electrons. The van der Waals surface area contributed by atoms with Crippen molar-refractivity contribution in [3.63, 3.8) is 0 Å². The van der Waals surface area contributed by atoms with E-state index in [9.17, 15) is 9.59 Å². The van der Waals surface area contributed by atoms with Crippen molar-refractivity contribution in [2.24, 2.45) is 0 Å². The van der Waals surface area contributed by atoms with Gasteiger partial charge in [0.1, 0.15) is 5.76 Å². The summed E-state index contributed by atoms with van der Waals surface area (Å²) in [5.41, 5.74) is 0.776. The van der Waals surface area contributed by atoms with Gasteiger partial charge in [-0.25, -0.2) is 4.79 Å². The van der Waals surface area contributed by atoms with Gasteiger partial charge in [0.15, 0.2) is 16.5 Å². The van der Waals surface area contributed by atoms with Crippen molar-refractivity contribution in [1.82, 2.24) is 24.6 Å². The Morgan fingerprint density at radius 3 is 2.81 bits per heavy atom. The zero-order chi connectivity index (χ0) is 22.7. The van der Waals surface area contributed by atoms with Crippen molar-refractivity contribution < 1.29 is 14.1 Å². The number of urea groups is 1. The highest BCUT2D eigenvalue weighted by Crippen LogP contribution is 2.31. The Bertz CT molecular complexity index is 1090. The lowest BCUT2D eigenvalue weighted by Gasteiger charge is -2.35. The summed E-state index contributed by atoms with van der Waals surface area (Å²) < 4.78 is 9.14. The number of pyridine rings is 1. The van der Waals surface area contributed by atoms with Crippen LogP contribution in [0.4, 0.5) is 15.6 Å². The minimum absolute atomic E-state index is 0.0265. The lowest BCUT2D eigenvalue weighted by Crippen LogP contribution is -2.41. The second-order valence-electron chi connectivity index (χ2n) is 8.65. The molecular formula is C21H25N7O3S. The lowest BCUT2D eigenvalue weighted by atomic mass is 9.93. The van der Waals surface area contributed by atoms with Gasteiger partial charge in [0.05, 0.1) is 6.04 Å². The molecule has 0 unspecified atom stereocenters. The summed E-state index contributed by atoms with van der Waals surface area (Å²) in [6.45, 7) is 6.57. The van der Waals surface area contributed by atoms with Crippen LogP contribution < -0.4 is 10.6 Å². The molecule has 4 heterocycles. The number of hydrogen-bond donors (Lipinski definition) is 2. The third-order valence-corrected chi connectivity index (χ3v) is 5.89. The van der Waals surface area contributed by atoms with Gasteiger partial charge in [-0.1, -0.05) is 36.5 Å². The number of nitrogens with one attached hydrogen (secondary N) is 2. The predicted octanol–water partition coefficient (Wildman–Crippen LogP) is 4.23. The van der Waals surface area contributed by atoms with E-state index in [-0.39, 0.29) is 34.0 Å². The van der Waals surface area contributed by atoms with Crippen molar-refractivity contribution in [2.45, 2.75) is 51.5 Å². The van der Waals surface area contributed by atoms with Crippen molar-refractivity contribution in [3.8, 4) is 0 Å². The van der Waals surface area contributed by atoms with E-state index in [1.54, 1.807) is 23.4 Å². The summed E-state index contributed by atoms with van der Waals surface area (Å²) in [6, 6.07) is 5.14. The normalized spacial score (nSPS) is 16.6. The van der Waals surface area contributed by atoms with E-state index in [1.807, 2.05) is 32.9 Å². The first-order valence-electron chi connectivity index (χ1n) is 10.4. The monoisotopic (exact) mass is 455 g/mol. The average molecular weight is 456 g/mol. The molecule has 3 aromatic heterocycles. The Balaban J connectivity index is 1.46. The molecule has 32 heavy (non-hydrogen) atoms. The maximum absolute atomic E-state index is 13.1. The zero-order valence-corrected chi connectivity index (χ0v) is 19.0. The Hall–Kier alpha value is -3.34. The number of piperidine rings is 1. The largest absolute Gasteiger partial charge is 0.359 e. The molecular weight excluding hydrogens is 430 g/mol. The summed E-state index contributed by atoms with van der Waals surface area (Å²) in [4.78, 5) is 31.8. The van der Waals surface area contributed by atoms with E-state index in [2.05, 4.69) is 30.4 Å². The number of likely N-dealkylation sites (tertiary alicyclic amines) is 1. The van der Waals surface area contributed by atoms with E-state index in [1.165, 1.54) is 0 Å². The van der Waals surface area contributed by atoms with Crippen LogP contribution >= 0.6 is 11.5 Å². The molecule has 0 aliphatic carbocycles. The van der Waals surface area contributed by atoms with Gasteiger partial charge in [0.2, 0.25) is 0 Å². The molecule has 1 aliphatic rings. The number of anilines is 2. The summed E-state index contributed by atoms with van der Waals surface area (Å²) in [5.74, 6) is 0.396. The molecule has 11 heteroatoms. The van der Waals surface area contributed by atoms with Crippen LogP contribution in [0.25, 0.3) is 0 Å². The van der Waals surface area contributed by atoms with Gasteiger partial charge in [-0.15, -0.1) is 5.10 Å². The molecule has 1 aliphatic heterocycles. The predicted molar refractivity (Wildman–Crippen MR) is 120 cm³/mol. The van der Waals surface area contributed by atoms with Crippen LogP contribution in [-0.4, -0.2) is 43.1 Å². The van der Waals surface area contributed by atoms with E-state index < -0.39 is 5.91 Å².